The highest BCUT2D eigenvalue weighted by molar-refractivity contribution is 6.10. The molecule has 0 unspecified atom stereocenters. The maximum Gasteiger partial charge on any atom is 0.232 e. The van der Waals surface area contributed by atoms with Gasteiger partial charge in [0.15, 0.2) is 5.76 Å². The van der Waals surface area contributed by atoms with Gasteiger partial charge >= 0.3 is 0 Å². The van der Waals surface area contributed by atoms with Gasteiger partial charge in [0.25, 0.3) is 0 Å². The van der Waals surface area contributed by atoms with Crippen molar-refractivity contribution < 1.29 is 14.0 Å². The molecular formula is C15H15NO3. The predicted octanol–water partition coefficient (Wildman–Crippen LogP) is 3.11. The van der Waals surface area contributed by atoms with Crippen LogP contribution >= 0.6 is 0 Å². The summed E-state index contributed by atoms with van der Waals surface area (Å²) in [5.41, 5.74) is 2.75. The van der Waals surface area contributed by atoms with Gasteiger partial charge in [-0.1, -0.05) is 12.1 Å². The standard InChI is InChI=1S/C15H15NO3/c1-10-5-6-11(2)12(8-10)16-15(18)9-13(17)14-4-3-7-19-14/h3-8H,9H2,1-2H3,(H,16,18). The van der Waals surface area contributed by atoms with Crippen LogP contribution in [0.15, 0.2) is 41.0 Å². The number of ketones is 1. The van der Waals surface area contributed by atoms with E-state index in [-0.39, 0.29) is 23.9 Å². The quantitative estimate of drug-likeness (QED) is 0.676. The first-order chi connectivity index (χ1) is 9.06. The molecule has 0 radical (unpaired) electrons. The highest BCUT2D eigenvalue weighted by Gasteiger charge is 2.14. The SMILES string of the molecule is Cc1ccc(C)c(NC(=O)CC(=O)c2ccco2)c1. The number of aryl methyl sites for hydroxylation is 2. The molecular weight excluding hydrogens is 242 g/mol. The Morgan fingerprint density at radius 3 is 2.68 bits per heavy atom. The van der Waals surface area contributed by atoms with Crippen molar-refractivity contribution in [3.05, 3.63) is 53.5 Å². The van der Waals surface area contributed by atoms with Crippen LogP contribution in [0.3, 0.4) is 0 Å². The summed E-state index contributed by atoms with van der Waals surface area (Å²) >= 11 is 0. The van der Waals surface area contributed by atoms with Gasteiger partial charge in [0.1, 0.15) is 0 Å². The van der Waals surface area contributed by atoms with Crippen molar-refractivity contribution >= 4 is 17.4 Å². The van der Waals surface area contributed by atoms with E-state index >= 15 is 0 Å². The third kappa shape index (κ3) is 3.31. The molecule has 0 spiro atoms. The summed E-state index contributed by atoms with van der Waals surface area (Å²) in [5, 5.41) is 2.74. The van der Waals surface area contributed by atoms with Gasteiger partial charge in [0, 0.05) is 5.69 Å². The summed E-state index contributed by atoms with van der Waals surface area (Å²) in [7, 11) is 0. The van der Waals surface area contributed by atoms with Gasteiger partial charge in [0.2, 0.25) is 11.7 Å². The average molecular weight is 257 g/mol. The molecule has 0 aliphatic rings. The first kappa shape index (κ1) is 13.1. The fourth-order valence-corrected chi connectivity index (χ4v) is 1.74. The van der Waals surface area contributed by atoms with E-state index in [1.54, 1.807) is 12.1 Å². The third-order valence-corrected chi connectivity index (χ3v) is 2.78. The smallest absolute Gasteiger partial charge is 0.232 e. The Kier molecular flexibility index (Phi) is 3.80. The lowest BCUT2D eigenvalue weighted by molar-refractivity contribution is -0.115. The highest BCUT2D eigenvalue weighted by Crippen LogP contribution is 2.16. The molecule has 0 fully saturated rings. The van der Waals surface area contributed by atoms with Gasteiger partial charge < -0.3 is 9.73 Å². The zero-order valence-electron chi connectivity index (χ0n) is 10.9. The van der Waals surface area contributed by atoms with Crippen LogP contribution in [0.25, 0.3) is 0 Å². The minimum absolute atomic E-state index is 0.205. The molecule has 0 aliphatic carbocycles. The number of amides is 1. The molecule has 0 saturated heterocycles. The van der Waals surface area contributed by atoms with Gasteiger partial charge in [-0.2, -0.15) is 0 Å². The van der Waals surface area contributed by atoms with Crippen LogP contribution in [0.1, 0.15) is 28.1 Å². The molecule has 1 N–H and O–H groups in total. The summed E-state index contributed by atoms with van der Waals surface area (Å²) in [4.78, 5) is 23.5. The summed E-state index contributed by atoms with van der Waals surface area (Å²) in [6, 6.07) is 8.95. The van der Waals surface area contributed by atoms with Crippen LogP contribution in [0, 0.1) is 13.8 Å². The van der Waals surface area contributed by atoms with Gasteiger partial charge in [0.05, 0.1) is 12.7 Å². The van der Waals surface area contributed by atoms with E-state index in [9.17, 15) is 9.59 Å². The number of anilines is 1. The number of hydrogen-bond donors (Lipinski definition) is 1. The molecule has 4 heteroatoms. The highest BCUT2D eigenvalue weighted by atomic mass is 16.3. The largest absolute Gasteiger partial charge is 0.461 e. The molecule has 0 bridgehead atoms. The number of carbonyl (C=O) groups excluding carboxylic acids is 2. The van der Waals surface area contributed by atoms with Crippen LogP contribution in [0.5, 0.6) is 0 Å². The van der Waals surface area contributed by atoms with Crippen molar-refractivity contribution in [2.45, 2.75) is 20.3 Å². The minimum Gasteiger partial charge on any atom is -0.461 e. The normalized spacial score (nSPS) is 10.2. The minimum atomic E-state index is -0.338. The average Bonchev–Trinajstić information content (AvgIpc) is 2.87. The Labute approximate surface area is 111 Å². The molecule has 2 rings (SSSR count). The van der Waals surface area contributed by atoms with E-state index in [4.69, 9.17) is 4.42 Å². The van der Waals surface area contributed by atoms with Crippen molar-refractivity contribution in [2.24, 2.45) is 0 Å². The number of furan rings is 1. The van der Waals surface area contributed by atoms with Crippen molar-refractivity contribution in [1.82, 2.24) is 0 Å². The van der Waals surface area contributed by atoms with E-state index in [2.05, 4.69) is 5.32 Å². The second-order valence-corrected chi connectivity index (χ2v) is 4.44. The zero-order valence-corrected chi connectivity index (χ0v) is 10.9. The summed E-state index contributed by atoms with van der Waals surface area (Å²) in [5.74, 6) is -0.459. The Morgan fingerprint density at radius 2 is 2.00 bits per heavy atom. The topological polar surface area (TPSA) is 59.3 Å². The molecule has 0 atom stereocenters. The first-order valence-corrected chi connectivity index (χ1v) is 6.00. The molecule has 1 heterocycles. The van der Waals surface area contributed by atoms with Crippen molar-refractivity contribution in [3.8, 4) is 0 Å². The number of benzene rings is 1. The van der Waals surface area contributed by atoms with Gasteiger partial charge in [-0.05, 0) is 43.2 Å². The zero-order chi connectivity index (χ0) is 13.8. The number of carbonyl (C=O) groups is 2. The van der Waals surface area contributed by atoms with Crippen LogP contribution in [0.4, 0.5) is 5.69 Å². The molecule has 1 amide bonds. The third-order valence-electron chi connectivity index (χ3n) is 2.78. The van der Waals surface area contributed by atoms with Crippen molar-refractivity contribution in [1.29, 1.82) is 0 Å². The Morgan fingerprint density at radius 1 is 1.21 bits per heavy atom. The lowest BCUT2D eigenvalue weighted by Crippen LogP contribution is -2.17. The first-order valence-electron chi connectivity index (χ1n) is 6.00. The fraction of sp³-hybridized carbons (Fsp3) is 0.200. The molecule has 19 heavy (non-hydrogen) atoms. The van der Waals surface area contributed by atoms with E-state index in [0.717, 1.165) is 16.8 Å². The molecule has 98 valence electrons. The van der Waals surface area contributed by atoms with Gasteiger partial charge in [-0.3, -0.25) is 9.59 Å². The van der Waals surface area contributed by atoms with E-state index < -0.39 is 0 Å². The molecule has 2 aromatic rings. The fourth-order valence-electron chi connectivity index (χ4n) is 1.74. The molecule has 0 aliphatic heterocycles. The molecule has 4 nitrogen and oxygen atoms in total. The Hall–Kier alpha value is -2.36. The van der Waals surface area contributed by atoms with Crippen LogP contribution in [-0.2, 0) is 4.79 Å². The van der Waals surface area contributed by atoms with E-state index in [0.29, 0.717) is 0 Å². The summed E-state index contributed by atoms with van der Waals surface area (Å²) in [6.07, 6.45) is 1.19. The van der Waals surface area contributed by atoms with Gasteiger partial charge in [-0.25, -0.2) is 0 Å². The lowest BCUT2D eigenvalue weighted by atomic mass is 10.1. The monoisotopic (exact) mass is 257 g/mol. The second kappa shape index (κ2) is 5.52. The number of Topliss-reactive ketones (excluding diaryl/α,β-unsaturated/α-hetero) is 1. The summed E-state index contributed by atoms with van der Waals surface area (Å²) in [6.45, 7) is 3.85. The molecule has 1 aromatic heterocycles. The molecule has 0 saturated carbocycles. The van der Waals surface area contributed by atoms with E-state index in [1.165, 1.54) is 6.26 Å². The maximum atomic E-state index is 11.8. The molecule has 1 aromatic carbocycles. The predicted molar refractivity (Wildman–Crippen MR) is 72.2 cm³/mol. The van der Waals surface area contributed by atoms with Crippen LogP contribution < -0.4 is 5.32 Å². The van der Waals surface area contributed by atoms with Gasteiger partial charge in [-0.15, -0.1) is 0 Å². The lowest BCUT2D eigenvalue weighted by Gasteiger charge is -2.08. The number of rotatable bonds is 4. The van der Waals surface area contributed by atoms with E-state index in [1.807, 2.05) is 32.0 Å². The second-order valence-electron chi connectivity index (χ2n) is 4.44. The van der Waals surface area contributed by atoms with Crippen LogP contribution in [0.2, 0.25) is 0 Å². The van der Waals surface area contributed by atoms with Crippen LogP contribution in [-0.4, -0.2) is 11.7 Å². The number of nitrogens with one attached hydrogen (secondary N) is 1. The maximum absolute atomic E-state index is 11.8. The Balaban J connectivity index is 2.02. The Bertz CT molecular complexity index is 600. The van der Waals surface area contributed by atoms with Crippen molar-refractivity contribution in [3.63, 3.8) is 0 Å². The summed E-state index contributed by atoms with van der Waals surface area (Å²) < 4.78 is 4.96. The van der Waals surface area contributed by atoms with Crippen molar-refractivity contribution in [2.75, 3.05) is 5.32 Å². The number of hydrogen-bond acceptors (Lipinski definition) is 3.